The number of hydrogen-bond acceptors (Lipinski definition) is 7. The van der Waals surface area contributed by atoms with Crippen molar-refractivity contribution in [2.75, 3.05) is 26.9 Å². The van der Waals surface area contributed by atoms with Crippen LogP contribution in [0.2, 0.25) is 5.04 Å². The molecule has 1 aliphatic heterocycles. The SMILES string of the molecule is CCCCCCC1(CCCCCC/C=C/CC[C@@H](O)[C@](CO[Si](c2ccccc2)(c2ccccc2)C(C)(C)C)(NC(=O)C(Cl)(Cl)Cl)C(=O)OC)OCCO1. The van der Waals surface area contributed by atoms with Gasteiger partial charge in [0.15, 0.2) is 11.3 Å². The van der Waals surface area contributed by atoms with Crippen LogP contribution in [0, 0.1) is 0 Å². The molecule has 1 aliphatic rings. The average Bonchev–Trinajstić information content (AvgIpc) is 3.62. The average molecular weight is 827 g/mol. The van der Waals surface area contributed by atoms with Gasteiger partial charge in [-0.3, -0.25) is 4.79 Å². The van der Waals surface area contributed by atoms with Gasteiger partial charge in [0.1, 0.15) is 0 Å². The van der Waals surface area contributed by atoms with Crippen molar-refractivity contribution >= 4 is 65.4 Å². The number of aliphatic hydroxyl groups is 1. The number of ether oxygens (including phenoxy) is 3. The molecule has 2 aromatic rings. The van der Waals surface area contributed by atoms with Gasteiger partial charge in [-0.25, -0.2) is 4.79 Å². The summed E-state index contributed by atoms with van der Waals surface area (Å²) in [5.74, 6) is -2.38. The van der Waals surface area contributed by atoms with Crippen LogP contribution in [0.1, 0.15) is 111 Å². The third-order valence-corrected chi connectivity index (χ3v) is 15.8. The second-order valence-electron chi connectivity index (χ2n) is 15.3. The Balaban J connectivity index is 1.71. The predicted octanol–water partition coefficient (Wildman–Crippen LogP) is 8.71. The van der Waals surface area contributed by atoms with E-state index in [1.54, 1.807) is 0 Å². The van der Waals surface area contributed by atoms with E-state index >= 15 is 0 Å². The highest BCUT2D eigenvalue weighted by atomic mass is 35.6. The number of aliphatic hydroxyl groups excluding tert-OH is 1. The lowest BCUT2D eigenvalue weighted by Gasteiger charge is -2.46. The van der Waals surface area contributed by atoms with Crippen molar-refractivity contribution in [3.8, 4) is 0 Å². The normalized spacial score (nSPS) is 16.6. The van der Waals surface area contributed by atoms with E-state index in [0.29, 0.717) is 19.6 Å². The number of rotatable bonds is 23. The zero-order chi connectivity index (χ0) is 39.7. The zero-order valence-corrected chi connectivity index (χ0v) is 36.1. The van der Waals surface area contributed by atoms with E-state index in [-0.39, 0.29) is 6.42 Å². The van der Waals surface area contributed by atoms with Gasteiger partial charge in [0.05, 0.1) is 33.0 Å². The number of carbonyl (C=O) groups is 2. The summed E-state index contributed by atoms with van der Waals surface area (Å²) < 4.78 is 22.0. The van der Waals surface area contributed by atoms with E-state index in [4.69, 9.17) is 53.4 Å². The van der Waals surface area contributed by atoms with Gasteiger partial charge in [-0.2, -0.15) is 0 Å². The van der Waals surface area contributed by atoms with Crippen LogP contribution >= 0.6 is 34.8 Å². The minimum atomic E-state index is -3.24. The van der Waals surface area contributed by atoms with Crippen LogP contribution in [0.3, 0.4) is 0 Å². The number of halogens is 3. The third kappa shape index (κ3) is 12.8. The van der Waals surface area contributed by atoms with Crippen LogP contribution in [0.15, 0.2) is 72.8 Å². The second kappa shape index (κ2) is 22.1. The van der Waals surface area contributed by atoms with Crippen LogP contribution in [-0.2, 0) is 28.2 Å². The fourth-order valence-electron chi connectivity index (χ4n) is 7.38. The Hall–Kier alpha value is -1.95. The molecule has 302 valence electrons. The highest BCUT2D eigenvalue weighted by Crippen LogP contribution is 2.38. The van der Waals surface area contributed by atoms with E-state index in [1.807, 2.05) is 66.7 Å². The van der Waals surface area contributed by atoms with Gasteiger partial charge in [-0.05, 0) is 53.9 Å². The van der Waals surface area contributed by atoms with Crippen molar-refractivity contribution in [3.63, 3.8) is 0 Å². The van der Waals surface area contributed by atoms with Crippen LogP contribution in [-0.4, -0.2) is 73.5 Å². The molecule has 2 aromatic carbocycles. The van der Waals surface area contributed by atoms with Crippen LogP contribution in [0.25, 0.3) is 0 Å². The summed E-state index contributed by atoms with van der Waals surface area (Å²) in [5, 5.41) is 15.9. The number of carbonyl (C=O) groups excluding carboxylic acids is 2. The number of hydrogen-bond donors (Lipinski definition) is 2. The number of allylic oxidation sites excluding steroid dienone is 2. The summed E-state index contributed by atoms with van der Waals surface area (Å²) in [6.07, 6.45) is 15.1. The lowest BCUT2D eigenvalue weighted by atomic mass is 9.89. The van der Waals surface area contributed by atoms with E-state index < -0.39 is 53.1 Å². The Morgan fingerprint density at radius 1 is 0.852 bits per heavy atom. The number of unbranched alkanes of at least 4 members (excludes halogenated alkanes) is 7. The number of benzene rings is 2. The predicted molar refractivity (Wildman–Crippen MR) is 222 cm³/mol. The molecule has 1 fully saturated rings. The molecule has 8 nitrogen and oxygen atoms in total. The molecule has 1 saturated heterocycles. The molecule has 0 saturated carbocycles. The van der Waals surface area contributed by atoms with Crippen molar-refractivity contribution in [2.45, 2.75) is 137 Å². The molecule has 3 rings (SSSR count). The standard InChI is InChI=1S/C42H62Cl3NO7Si/c1-6-7-8-22-29-40(51-31-32-52-40)30-23-14-12-10-9-11-13-21-28-36(47)41(38(49)50-5,46-37(48)42(43,44)45)33-53-54(39(2,3)4,34-24-17-15-18-25-34)35-26-19-16-20-27-35/h11,13,15-20,24-27,36,47H,6-10,12,14,21-23,28-33H2,1-5H3,(H,46,48)/b13-11+/t36-,41+/m1/s1. The fraction of sp³-hybridized carbons (Fsp3) is 0.619. The summed E-state index contributed by atoms with van der Waals surface area (Å²) in [7, 11) is -2.05. The molecular formula is C42H62Cl3NO7Si. The molecule has 1 amide bonds. The number of alkyl halides is 3. The lowest BCUT2D eigenvalue weighted by molar-refractivity contribution is -0.168. The maximum absolute atomic E-state index is 13.8. The Morgan fingerprint density at radius 2 is 1.37 bits per heavy atom. The second-order valence-corrected chi connectivity index (χ2v) is 21.9. The van der Waals surface area contributed by atoms with Gasteiger partial charge in [0, 0.05) is 12.8 Å². The fourth-order valence-corrected chi connectivity index (χ4v) is 12.1. The summed E-state index contributed by atoms with van der Waals surface area (Å²) in [6.45, 7) is 9.42. The van der Waals surface area contributed by atoms with Crippen LogP contribution < -0.4 is 15.7 Å². The molecule has 0 aliphatic carbocycles. The highest BCUT2D eigenvalue weighted by Gasteiger charge is 2.56. The van der Waals surface area contributed by atoms with Crippen molar-refractivity contribution in [3.05, 3.63) is 72.8 Å². The third-order valence-electron chi connectivity index (χ3n) is 10.3. The molecule has 0 radical (unpaired) electrons. The number of amides is 1. The summed E-state index contributed by atoms with van der Waals surface area (Å²) >= 11 is 18.0. The van der Waals surface area contributed by atoms with Crippen molar-refractivity contribution in [2.24, 2.45) is 0 Å². The van der Waals surface area contributed by atoms with Crippen LogP contribution in [0.5, 0.6) is 0 Å². The highest BCUT2D eigenvalue weighted by molar-refractivity contribution is 6.99. The Bertz CT molecular complexity index is 1390. The number of methoxy groups -OCH3 is 1. The molecular weight excluding hydrogens is 765 g/mol. The smallest absolute Gasteiger partial charge is 0.336 e. The van der Waals surface area contributed by atoms with Crippen molar-refractivity contribution in [1.82, 2.24) is 5.32 Å². The van der Waals surface area contributed by atoms with Crippen molar-refractivity contribution < 1.29 is 33.3 Å². The first-order valence-electron chi connectivity index (χ1n) is 19.5. The molecule has 0 unspecified atom stereocenters. The van der Waals surface area contributed by atoms with Gasteiger partial charge in [0.25, 0.3) is 18.0 Å². The molecule has 0 bridgehead atoms. The number of nitrogens with one attached hydrogen (secondary N) is 1. The van der Waals surface area contributed by atoms with Gasteiger partial charge in [-0.15, -0.1) is 0 Å². The first-order chi connectivity index (χ1) is 25.7. The van der Waals surface area contributed by atoms with Gasteiger partial charge in [-0.1, -0.05) is 167 Å². The zero-order valence-electron chi connectivity index (χ0n) is 32.8. The van der Waals surface area contributed by atoms with Crippen molar-refractivity contribution in [1.29, 1.82) is 0 Å². The van der Waals surface area contributed by atoms with E-state index in [2.05, 4.69) is 39.1 Å². The lowest BCUT2D eigenvalue weighted by Crippen LogP contribution is -2.72. The quantitative estimate of drug-likeness (QED) is 0.0380. The molecule has 1 heterocycles. The molecule has 54 heavy (non-hydrogen) atoms. The van der Waals surface area contributed by atoms with Gasteiger partial charge >= 0.3 is 5.97 Å². The minimum Gasteiger partial charge on any atom is -0.467 e. The minimum absolute atomic E-state index is 0.107. The Morgan fingerprint density at radius 3 is 1.87 bits per heavy atom. The maximum Gasteiger partial charge on any atom is 0.336 e. The maximum atomic E-state index is 13.8. The Labute approximate surface area is 339 Å². The molecule has 12 heteroatoms. The van der Waals surface area contributed by atoms with Gasteiger partial charge < -0.3 is 29.1 Å². The largest absolute Gasteiger partial charge is 0.467 e. The van der Waals surface area contributed by atoms with E-state index in [1.165, 1.54) is 26.4 Å². The molecule has 0 aromatic heterocycles. The summed E-state index contributed by atoms with van der Waals surface area (Å²) in [4.78, 5) is 27.1. The topological polar surface area (TPSA) is 103 Å². The van der Waals surface area contributed by atoms with E-state index in [0.717, 1.165) is 61.7 Å². The Kier molecular flexibility index (Phi) is 19.0. The monoisotopic (exact) mass is 825 g/mol. The first-order valence-corrected chi connectivity index (χ1v) is 22.6. The molecule has 2 atom stereocenters. The molecule has 2 N–H and O–H groups in total. The van der Waals surface area contributed by atoms with Crippen LogP contribution in [0.4, 0.5) is 0 Å². The summed E-state index contributed by atoms with van der Waals surface area (Å²) in [5.41, 5.74) is -2.09. The van der Waals surface area contributed by atoms with Gasteiger partial charge in [0.2, 0.25) is 0 Å². The molecule has 0 spiro atoms. The first kappa shape index (κ1) is 46.4. The summed E-state index contributed by atoms with van der Waals surface area (Å²) in [6, 6.07) is 19.7. The number of esters is 1. The van der Waals surface area contributed by atoms with E-state index in [9.17, 15) is 14.7 Å².